The number of anilines is 1. The molecule has 7 nitrogen and oxygen atoms in total. The average molecular weight is 277 g/mol. The molecular weight excluding hydrogens is 266 g/mol. The number of rotatable bonds is 2. The van der Waals surface area contributed by atoms with Crippen LogP contribution in [0.4, 0.5) is 5.69 Å². The van der Waals surface area contributed by atoms with Gasteiger partial charge in [-0.05, 0) is 18.2 Å². The lowest BCUT2D eigenvalue weighted by Crippen LogP contribution is -2.24. The van der Waals surface area contributed by atoms with Crippen LogP contribution < -0.4 is 15.7 Å². The maximum Gasteiger partial charge on any atom is 0.396 e. The molecule has 1 amide bonds. The minimum Gasteiger partial charge on any atom is -0.495 e. The smallest absolute Gasteiger partial charge is 0.396 e. The van der Waals surface area contributed by atoms with Gasteiger partial charge in [0.2, 0.25) is 0 Å². The Morgan fingerprint density at radius 1 is 1.15 bits per heavy atom. The van der Waals surface area contributed by atoms with E-state index in [1.807, 2.05) is 0 Å². The fourth-order valence-corrected chi connectivity index (χ4v) is 1.68. The molecule has 0 aliphatic carbocycles. The van der Waals surface area contributed by atoms with Gasteiger partial charge >= 0.3 is 17.5 Å². The van der Waals surface area contributed by atoms with Crippen molar-refractivity contribution in [2.75, 3.05) is 19.5 Å². The number of fused-ring (bicyclic) bond motifs is 1. The Hall–Kier alpha value is -2.83. The Kier molecular flexibility index (Phi) is 3.69. The maximum atomic E-state index is 11.6. The van der Waals surface area contributed by atoms with Crippen LogP contribution in [0.25, 0.3) is 11.0 Å². The fourth-order valence-electron chi connectivity index (χ4n) is 1.68. The van der Waals surface area contributed by atoms with Gasteiger partial charge in [-0.3, -0.25) is 4.79 Å². The topological polar surface area (TPSA) is 94.8 Å². The van der Waals surface area contributed by atoms with E-state index in [4.69, 9.17) is 9.15 Å². The molecule has 104 valence electrons. The third-order valence-electron chi connectivity index (χ3n) is 2.59. The first-order chi connectivity index (χ1) is 9.56. The summed E-state index contributed by atoms with van der Waals surface area (Å²) in [5, 5.41) is 2.81. The van der Waals surface area contributed by atoms with E-state index in [1.54, 1.807) is 0 Å². The number of hydrogen-bond acceptors (Lipinski definition) is 6. The quantitative estimate of drug-likeness (QED) is 0.498. The van der Waals surface area contributed by atoms with E-state index in [9.17, 15) is 14.4 Å². The molecule has 0 radical (unpaired) electrons. The van der Waals surface area contributed by atoms with E-state index < -0.39 is 17.5 Å². The molecule has 1 heterocycles. The van der Waals surface area contributed by atoms with Gasteiger partial charge in [-0.2, -0.15) is 0 Å². The molecule has 1 aromatic carbocycles. The van der Waals surface area contributed by atoms with Crippen molar-refractivity contribution in [1.82, 2.24) is 0 Å². The first-order valence-electron chi connectivity index (χ1n) is 5.57. The molecule has 0 unspecified atom stereocenters. The van der Waals surface area contributed by atoms with Crippen LogP contribution in [-0.4, -0.2) is 26.1 Å². The Balaban J connectivity index is 2.56. The van der Waals surface area contributed by atoms with Crippen molar-refractivity contribution in [1.29, 1.82) is 0 Å². The van der Waals surface area contributed by atoms with E-state index in [1.165, 1.54) is 31.4 Å². The minimum atomic E-state index is -1.04. The minimum absolute atomic E-state index is 0.226. The van der Waals surface area contributed by atoms with Crippen molar-refractivity contribution >= 4 is 28.5 Å². The van der Waals surface area contributed by atoms with Crippen LogP contribution >= 0.6 is 0 Å². The number of carbonyl (C=O) groups excluding carboxylic acids is 2. The third-order valence-corrected chi connectivity index (χ3v) is 2.59. The van der Waals surface area contributed by atoms with Gasteiger partial charge in [0, 0.05) is 11.5 Å². The van der Waals surface area contributed by atoms with Crippen LogP contribution in [0.1, 0.15) is 0 Å². The van der Waals surface area contributed by atoms with Crippen molar-refractivity contribution in [3.05, 3.63) is 34.7 Å². The maximum absolute atomic E-state index is 11.6. The van der Waals surface area contributed by atoms with Gasteiger partial charge in [-0.1, -0.05) is 0 Å². The fraction of sp³-hybridized carbons (Fsp3) is 0.154. The first kappa shape index (κ1) is 13.6. The Morgan fingerprint density at radius 3 is 2.55 bits per heavy atom. The van der Waals surface area contributed by atoms with Crippen LogP contribution in [0.15, 0.2) is 33.5 Å². The molecule has 0 spiro atoms. The van der Waals surface area contributed by atoms with Crippen molar-refractivity contribution in [2.24, 2.45) is 0 Å². The molecule has 2 rings (SSSR count). The van der Waals surface area contributed by atoms with Crippen LogP contribution in [0.2, 0.25) is 0 Å². The van der Waals surface area contributed by atoms with Crippen LogP contribution in [0.3, 0.4) is 0 Å². The molecule has 0 saturated heterocycles. The summed E-state index contributed by atoms with van der Waals surface area (Å²) in [7, 11) is 2.51. The number of carbonyl (C=O) groups is 2. The summed E-state index contributed by atoms with van der Waals surface area (Å²) >= 11 is 0. The molecular formula is C13H11NO6. The highest BCUT2D eigenvalue weighted by Crippen LogP contribution is 2.32. The van der Waals surface area contributed by atoms with Gasteiger partial charge in [0.05, 0.1) is 19.9 Å². The summed E-state index contributed by atoms with van der Waals surface area (Å²) in [5.41, 5.74) is -0.0319. The number of ether oxygens (including phenoxy) is 2. The summed E-state index contributed by atoms with van der Waals surface area (Å²) in [4.78, 5) is 33.9. The monoisotopic (exact) mass is 277 g/mol. The summed E-state index contributed by atoms with van der Waals surface area (Å²) in [6, 6.07) is 5.72. The summed E-state index contributed by atoms with van der Waals surface area (Å²) in [5.74, 6) is -1.67. The molecule has 2 aromatic rings. The zero-order valence-corrected chi connectivity index (χ0v) is 10.8. The second-order valence-electron chi connectivity index (χ2n) is 3.75. The van der Waals surface area contributed by atoms with E-state index in [0.29, 0.717) is 11.1 Å². The van der Waals surface area contributed by atoms with E-state index >= 15 is 0 Å². The lowest BCUT2D eigenvalue weighted by Gasteiger charge is -2.11. The zero-order valence-electron chi connectivity index (χ0n) is 10.8. The first-order valence-corrected chi connectivity index (χ1v) is 5.57. The number of methoxy groups -OCH3 is 2. The SMILES string of the molecule is COC(=O)C(=O)Nc1c(OC)ccc2oc(=O)ccc12. The Morgan fingerprint density at radius 2 is 1.90 bits per heavy atom. The van der Waals surface area contributed by atoms with Crippen molar-refractivity contribution < 1.29 is 23.5 Å². The summed E-state index contributed by atoms with van der Waals surface area (Å²) in [6.45, 7) is 0. The molecule has 1 aromatic heterocycles. The average Bonchev–Trinajstić information content (AvgIpc) is 2.46. The van der Waals surface area contributed by atoms with E-state index in [-0.39, 0.29) is 11.3 Å². The lowest BCUT2D eigenvalue weighted by atomic mass is 10.2. The number of benzene rings is 1. The molecule has 0 atom stereocenters. The van der Waals surface area contributed by atoms with Gasteiger partial charge in [0.25, 0.3) is 0 Å². The number of esters is 1. The highest BCUT2D eigenvalue weighted by molar-refractivity contribution is 6.38. The van der Waals surface area contributed by atoms with Gasteiger partial charge in [0.15, 0.2) is 0 Å². The van der Waals surface area contributed by atoms with Crippen molar-refractivity contribution in [3.63, 3.8) is 0 Å². The molecule has 1 N–H and O–H groups in total. The number of amides is 1. The van der Waals surface area contributed by atoms with Crippen molar-refractivity contribution in [2.45, 2.75) is 0 Å². The van der Waals surface area contributed by atoms with Gasteiger partial charge in [0.1, 0.15) is 11.3 Å². The summed E-state index contributed by atoms with van der Waals surface area (Å²) in [6.07, 6.45) is 0. The van der Waals surface area contributed by atoms with Gasteiger partial charge in [-0.25, -0.2) is 9.59 Å². The molecule has 20 heavy (non-hydrogen) atoms. The number of hydrogen-bond donors (Lipinski definition) is 1. The van der Waals surface area contributed by atoms with Gasteiger partial charge in [-0.15, -0.1) is 0 Å². The predicted octanol–water partition coefficient (Wildman–Crippen LogP) is 0.913. The number of nitrogens with one attached hydrogen (secondary N) is 1. The van der Waals surface area contributed by atoms with Crippen LogP contribution in [-0.2, 0) is 14.3 Å². The van der Waals surface area contributed by atoms with E-state index in [2.05, 4.69) is 10.1 Å². The highest BCUT2D eigenvalue weighted by Gasteiger charge is 2.18. The van der Waals surface area contributed by atoms with Gasteiger partial charge < -0.3 is 19.2 Å². The van der Waals surface area contributed by atoms with Crippen molar-refractivity contribution in [3.8, 4) is 5.75 Å². The molecule has 0 saturated carbocycles. The molecule has 7 heteroatoms. The predicted molar refractivity (Wildman–Crippen MR) is 69.7 cm³/mol. The highest BCUT2D eigenvalue weighted by atomic mass is 16.5. The Labute approximate surface area is 113 Å². The van der Waals surface area contributed by atoms with E-state index in [0.717, 1.165) is 7.11 Å². The molecule has 0 bridgehead atoms. The standard InChI is InChI=1S/C13H11NO6/c1-18-9-5-4-8-7(3-6-10(15)20-8)11(9)14-12(16)13(17)19-2/h3-6H,1-2H3,(H,14,16). The van der Waals surface area contributed by atoms with Crippen LogP contribution in [0, 0.1) is 0 Å². The second kappa shape index (κ2) is 5.43. The Bertz CT molecular complexity index is 733. The lowest BCUT2D eigenvalue weighted by molar-refractivity contribution is -0.150. The molecule has 0 fully saturated rings. The van der Waals surface area contributed by atoms with Crippen LogP contribution in [0.5, 0.6) is 5.75 Å². The normalized spacial score (nSPS) is 10.1. The molecule has 0 aliphatic rings. The largest absolute Gasteiger partial charge is 0.495 e. The summed E-state index contributed by atoms with van der Waals surface area (Å²) < 4.78 is 14.4. The third kappa shape index (κ3) is 2.46. The zero-order chi connectivity index (χ0) is 14.7. The molecule has 0 aliphatic heterocycles. The second-order valence-corrected chi connectivity index (χ2v) is 3.75.